The Morgan fingerprint density at radius 3 is 2.22 bits per heavy atom. The number of nitrogens with zero attached hydrogens (tertiary/aromatic N) is 2. The molecule has 1 unspecified atom stereocenters. The molecule has 3 aromatic rings. The third-order valence-corrected chi connectivity index (χ3v) is 6.66. The van der Waals surface area contributed by atoms with Gasteiger partial charge in [0.2, 0.25) is 0 Å². The highest BCUT2D eigenvalue weighted by molar-refractivity contribution is 6.51. The Balaban J connectivity index is 1.83. The Labute approximate surface area is 218 Å². The van der Waals surface area contributed by atoms with E-state index in [-0.39, 0.29) is 11.3 Å². The number of rotatable bonds is 9. The zero-order valence-corrected chi connectivity index (χ0v) is 21.9. The summed E-state index contributed by atoms with van der Waals surface area (Å²) in [5, 5.41) is 11.4. The van der Waals surface area contributed by atoms with Crippen molar-refractivity contribution in [2.45, 2.75) is 40.2 Å². The molecule has 1 fully saturated rings. The zero-order chi connectivity index (χ0) is 26.5. The quantitative estimate of drug-likeness (QED) is 0.214. The normalized spacial score (nSPS) is 16.8. The summed E-state index contributed by atoms with van der Waals surface area (Å²) in [6.45, 7) is 10.5. The van der Waals surface area contributed by atoms with Gasteiger partial charge in [0, 0.05) is 30.0 Å². The van der Waals surface area contributed by atoms with E-state index >= 15 is 0 Å². The van der Waals surface area contributed by atoms with Gasteiger partial charge in [-0.2, -0.15) is 0 Å². The molecule has 6 heteroatoms. The number of benzene rings is 3. The number of hydrogen-bond acceptors (Lipinski definition) is 5. The number of aliphatic hydroxyl groups is 1. The molecular weight excluding hydrogens is 464 g/mol. The number of ketones is 1. The summed E-state index contributed by atoms with van der Waals surface area (Å²) in [7, 11) is 0. The predicted molar refractivity (Wildman–Crippen MR) is 148 cm³/mol. The summed E-state index contributed by atoms with van der Waals surface area (Å²) < 4.78 is 5.65. The van der Waals surface area contributed by atoms with Crippen molar-refractivity contribution in [2.24, 2.45) is 0 Å². The molecule has 1 aliphatic heterocycles. The molecule has 0 bridgehead atoms. The van der Waals surface area contributed by atoms with Crippen LogP contribution >= 0.6 is 0 Å². The Kier molecular flexibility index (Phi) is 7.97. The smallest absolute Gasteiger partial charge is 0.300 e. The van der Waals surface area contributed by atoms with E-state index in [0.29, 0.717) is 23.6 Å². The second-order valence-corrected chi connectivity index (χ2v) is 9.14. The molecular formula is C31H34N2O4. The third-order valence-electron chi connectivity index (χ3n) is 6.66. The minimum absolute atomic E-state index is 0.0734. The minimum Gasteiger partial charge on any atom is -0.507 e. The highest BCUT2D eigenvalue weighted by Gasteiger charge is 2.47. The van der Waals surface area contributed by atoms with Gasteiger partial charge in [-0.25, -0.2) is 0 Å². The lowest BCUT2D eigenvalue weighted by Gasteiger charge is -2.27. The topological polar surface area (TPSA) is 70.1 Å². The molecule has 0 aliphatic carbocycles. The molecule has 0 aromatic heterocycles. The van der Waals surface area contributed by atoms with Gasteiger partial charge in [-0.05, 0) is 86.8 Å². The van der Waals surface area contributed by atoms with Gasteiger partial charge in [-0.3, -0.25) is 14.5 Å². The first-order chi connectivity index (χ1) is 17.9. The van der Waals surface area contributed by atoms with Gasteiger partial charge in [0.15, 0.2) is 0 Å². The van der Waals surface area contributed by atoms with Crippen LogP contribution in [0.5, 0.6) is 5.75 Å². The molecule has 1 N–H and O–H groups in total. The summed E-state index contributed by atoms with van der Waals surface area (Å²) in [6.07, 6.45) is 0.886. The number of aryl methyl sites for hydroxylation is 1. The van der Waals surface area contributed by atoms with Crippen molar-refractivity contribution in [3.63, 3.8) is 0 Å². The number of Topliss-reactive ketones (excluding diaryl/α,β-unsaturated/α-hetero) is 1. The second-order valence-electron chi connectivity index (χ2n) is 9.14. The fourth-order valence-electron chi connectivity index (χ4n) is 4.73. The van der Waals surface area contributed by atoms with Crippen LogP contribution in [0.25, 0.3) is 5.76 Å². The number of ether oxygens (including phenoxy) is 1. The molecule has 0 radical (unpaired) electrons. The largest absolute Gasteiger partial charge is 0.507 e. The van der Waals surface area contributed by atoms with Crippen LogP contribution in [0.3, 0.4) is 0 Å². The van der Waals surface area contributed by atoms with Crippen LogP contribution in [0, 0.1) is 6.92 Å². The maximum absolute atomic E-state index is 13.4. The molecule has 0 spiro atoms. The Morgan fingerprint density at radius 2 is 1.62 bits per heavy atom. The van der Waals surface area contributed by atoms with Crippen LogP contribution in [0.15, 0.2) is 78.4 Å². The Morgan fingerprint density at radius 1 is 0.946 bits per heavy atom. The maximum atomic E-state index is 13.4. The lowest BCUT2D eigenvalue weighted by atomic mass is 9.94. The summed E-state index contributed by atoms with van der Waals surface area (Å²) in [6, 6.07) is 21.5. The molecule has 4 rings (SSSR count). The van der Waals surface area contributed by atoms with E-state index < -0.39 is 17.7 Å². The van der Waals surface area contributed by atoms with Crippen LogP contribution in [0.4, 0.5) is 11.4 Å². The minimum atomic E-state index is -0.761. The van der Waals surface area contributed by atoms with Gasteiger partial charge in [-0.1, -0.05) is 31.2 Å². The van der Waals surface area contributed by atoms with Gasteiger partial charge in [0.05, 0.1) is 18.2 Å². The number of hydrogen-bond donors (Lipinski definition) is 1. The Hall–Kier alpha value is -4.06. The van der Waals surface area contributed by atoms with Crippen LogP contribution < -0.4 is 14.5 Å². The van der Waals surface area contributed by atoms with E-state index in [0.717, 1.165) is 36.3 Å². The third kappa shape index (κ3) is 5.24. The molecule has 1 aliphatic rings. The van der Waals surface area contributed by atoms with Crippen molar-refractivity contribution in [1.29, 1.82) is 0 Å². The van der Waals surface area contributed by atoms with Crippen molar-refractivity contribution in [3.05, 3.63) is 95.1 Å². The van der Waals surface area contributed by atoms with Crippen LogP contribution in [0.1, 0.15) is 49.9 Å². The van der Waals surface area contributed by atoms with E-state index in [1.165, 1.54) is 4.90 Å². The fraction of sp³-hybridized carbons (Fsp3) is 0.290. The molecule has 1 saturated heterocycles. The van der Waals surface area contributed by atoms with Gasteiger partial charge in [-0.15, -0.1) is 0 Å². The zero-order valence-electron chi connectivity index (χ0n) is 21.9. The highest BCUT2D eigenvalue weighted by atomic mass is 16.5. The average Bonchev–Trinajstić information content (AvgIpc) is 3.18. The van der Waals surface area contributed by atoms with Crippen molar-refractivity contribution in [3.8, 4) is 5.75 Å². The summed E-state index contributed by atoms with van der Waals surface area (Å²) >= 11 is 0. The molecule has 0 saturated carbocycles. The molecule has 1 amide bonds. The second kappa shape index (κ2) is 11.3. The van der Waals surface area contributed by atoms with Crippen LogP contribution in [-0.4, -0.2) is 36.5 Å². The molecule has 3 aromatic carbocycles. The predicted octanol–water partition coefficient (Wildman–Crippen LogP) is 6.26. The van der Waals surface area contributed by atoms with Gasteiger partial charge < -0.3 is 14.7 Å². The standard InChI is InChI=1S/C31H34N2O4/c1-5-19-37-26-17-13-23(14-18-26)29(34)27-28(22-11-15-24(16-12-22)32(6-2)7-3)33(31(36)30(27)35)25-10-8-9-21(4)20-25/h8-18,20,28,34H,5-7,19H2,1-4H3/b29-27+. The molecule has 1 heterocycles. The van der Waals surface area contributed by atoms with Gasteiger partial charge in [0.25, 0.3) is 11.7 Å². The van der Waals surface area contributed by atoms with E-state index in [1.54, 1.807) is 24.3 Å². The van der Waals surface area contributed by atoms with Crippen molar-refractivity contribution in [2.75, 3.05) is 29.5 Å². The number of aliphatic hydroxyl groups excluding tert-OH is 1. The fourth-order valence-corrected chi connectivity index (χ4v) is 4.73. The molecule has 192 valence electrons. The Bertz CT molecular complexity index is 1290. The van der Waals surface area contributed by atoms with E-state index in [4.69, 9.17) is 4.74 Å². The maximum Gasteiger partial charge on any atom is 0.300 e. The molecule has 37 heavy (non-hydrogen) atoms. The lowest BCUT2D eigenvalue weighted by Crippen LogP contribution is -2.29. The van der Waals surface area contributed by atoms with Crippen molar-refractivity contribution >= 4 is 28.8 Å². The van der Waals surface area contributed by atoms with Crippen LogP contribution in [-0.2, 0) is 9.59 Å². The first-order valence-corrected chi connectivity index (χ1v) is 12.8. The van der Waals surface area contributed by atoms with Gasteiger partial charge >= 0.3 is 0 Å². The highest BCUT2D eigenvalue weighted by Crippen LogP contribution is 2.42. The first-order valence-electron chi connectivity index (χ1n) is 12.8. The molecule has 6 nitrogen and oxygen atoms in total. The van der Waals surface area contributed by atoms with E-state index in [9.17, 15) is 14.7 Å². The summed E-state index contributed by atoms with van der Waals surface area (Å²) in [5.74, 6) is -0.883. The van der Waals surface area contributed by atoms with Crippen molar-refractivity contribution in [1.82, 2.24) is 0 Å². The first kappa shape index (κ1) is 26.0. The SMILES string of the molecule is CCCOc1ccc(/C(O)=C2\C(=O)C(=O)N(c3cccc(C)c3)C2c2ccc(N(CC)CC)cc2)cc1. The molecule has 1 atom stereocenters. The van der Waals surface area contributed by atoms with Crippen molar-refractivity contribution < 1.29 is 19.4 Å². The summed E-state index contributed by atoms with van der Waals surface area (Å²) in [4.78, 5) is 30.5. The van der Waals surface area contributed by atoms with Crippen LogP contribution in [0.2, 0.25) is 0 Å². The number of amides is 1. The van der Waals surface area contributed by atoms with E-state index in [1.807, 2.05) is 62.4 Å². The summed E-state index contributed by atoms with van der Waals surface area (Å²) in [5.41, 5.74) is 3.92. The number of carbonyl (C=O) groups is 2. The number of carbonyl (C=O) groups excluding carboxylic acids is 2. The number of anilines is 2. The van der Waals surface area contributed by atoms with E-state index in [2.05, 4.69) is 18.7 Å². The van der Waals surface area contributed by atoms with Gasteiger partial charge in [0.1, 0.15) is 11.5 Å². The lowest BCUT2D eigenvalue weighted by molar-refractivity contribution is -0.132. The monoisotopic (exact) mass is 498 g/mol. The average molecular weight is 499 g/mol.